The number of benzene rings is 2. The van der Waals surface area contributed by atoms with E-state index in [1.54, 1.807) is 48.9 Å². The summed E-state index contributed by atoms with van der Waals surface area (Å²) in [5.74, 6) is -0.716. The third-order valence-corrected chi connectivity index (χ3v) is 6.52. The first-order valence-electron chi connectivity index (χ1n) is 11.2. The summed E-state index contributed by atoms with van der Waals surface area (Å²) >= 11 is 6.08. The third kappa shape index (κ3) is 4.07. The van der Waals surface area contributed by atoms with Gasteiger partial charge in [-0.05, 0) is 54.8 Å². The molecule has 1 N–H and O–H groups in total. The number of hydrogen-bond donors (Lipinski definition) is 1. The van der Waals surface area contributed by atoms with Crippen LogP contribution in [-0.4, -0.2) is 43.9 Å². The van der Waals surface area contributed by atoms with Crippen molar-refractivity contribution in [2.24, 2.45) is 0 Å². The smallest absolute Gasteiger partial charge is 0.295 e. The molecule has 5 rings (SSSR count). The van der Waals surface area contributed by atoms with E-state index in [0.29, 0.717) is 35.7 Å². The highest BCUT2D eigenvalue weighted by Crippen LogP contribution is 2.41. The zero-order valence-electron chi connectivity index (χ0n) is 18.6. The first-order chi connectivity index (χ1) is 16.4. The van der Waals surface area contributed by atoms with E-state index in [-0.39, 0.29) is 17.4 Å². The number of imidazole rings is 1. The predicted octanol–water partition coefficient (Wildman–Crippen LogP) is 4.37. The first-order valence-corrected chi connectivity index (χ1v) is 11.6. The Balaban J connectivity index is 1.52. The number of rotatable bonds is 6. The Morgan fingerprint density at radius 2 is 1.97 bits per heavy atom. The van der Waals surface area contributed by atoms with Gasteiger partial charge in [0.1, 0.15) is 17.6 Å². The molecule has 7 nitrogen and oxygen atoms in total. The van der Waals surface area contributed by atoms with Crippen LogP contribution in [0.5, 0.6) is 5.75 Å². The molecule has 2 atom stereocenters. The lowest BCUT2D eigenvalue weighted by Gasteiger charge is -2.25. The number of amides is 1. The number of carbonyl (C=O) groups excluding carboxylic acids is 2. The van der Waals surface area contributed by atoms with Crippen molar-refractivity contribution in [1.29, 1.82) is 0 Å². The largest absolute Gasteiger partial charge is 0.507 e. The lowest BCUT2D eigenvalue weighted by molar-refractivity contribution is -0.139. The molecule has 1 amide bonds. The number of carbonyl (C=O) groups is 2. The molecule has 34 heavy (non-hydrogen) atoms. The Hall–Kier alpha value is -3.58. The average molecular weight is 478 g/mol. The molecular weight excluding hydrogens is 454 g/mol. The Morgan fingerprint density at radius 1 is 1.18 bits per heavy atom. The minimum Gasteiger partial charge on any atom is -0.507 e. The number of fused-ring (bicyclic) bond motifs is 1. The Kier molecular flexibility index (Phi) is 5.87. The van der Waals surface area contributed by atoms with E-state index in [4.69, 9.17) is 16.3 Å². The summed E-state index contributed by atoms with van der Waals surface area (Å²) in [6.07, 6.45) is 6.67. The minimum absolute atomic E-state index is 0.0579. The van der Waals surface area contributed by atoms with E-state index >= 15 is 0 Å². The molecule has 0 radical (unpaired) electrons. The van der Waals surface area contributed by atoms with Gasteiger partial charge in [-0.15, -0.1) is 0 Å². The topological polar surface area (TPSA) is 84.7 Å². The second-order valence-corrected chi connectivity index (χ2v) is 9.09. The fourth-order valence-electron chi connectivity index (χ4n) is 4.67. The summed E-state index contributed by atoms with van der Waals surface area (Å²) in [7, 11) is 0. The second-order valence-electron chi connectivity index (χ2n) is 8.65. The van der Waals surface area contributed by atoms with Crippen LogP contribution in [-0.2, 0) is 22.6 Å². The van der Waals surface area contributed by atoms with Crippen molar-refractivity contribution in [1.82, 2.24) is 14.5 Å². The molecule has 3 aromatic rings. The van der Waals surface area contributed by atoms with E-state index in [1.807, 2.05) is 23.8 Å². The lowest BCUT2D eigenvalue weighted by atomic mass is 9.94. The van der Waals surface area contributed by atoms with Gasteiger partial charge in [0.15, 0.2) is 0 Å². The quantitative estimate of drug-likeness (QED) is 0.324. The van der Waals surface area contributed by atoms with Crippen LogP contribution in [0.1, 0.15) is 36.1 Å². The zero-order chi connectivity index (χ0) is 23.8. The highest BCUT2D eigenvalue weighted by atomic mass is 35.5. The third-order valence-electron chi connectivity index (χ3n) is 6.27. The molecule has 0 spiro atoms. The molecule has 2 aromatic carbocycles. The maximum Gasteiger partial charge on any atom is 0.295 e. The molecule has 2 aliphatic heterocycles. The number of ketones is 1. The fraction of sp³-hybridized carbons (Fsp3) is 0.269. The molecule has 174 valence electrons. The van der Waals surface area contributed by atoms with Crippen LogP contribution in [0, 0.1) is 0 Å². The normalized spacial score (nSPS) is 21.1. The number of nitrogens with zero attached hydrogens (tertiary/aromatic N) is 3. The molecular formula is C26H24ClN3O4. The fourth-order valence-corrected chi connectivity index (χ4v) is 4.80. The van der Waals surface area contributed by atoms with Crippen molar-refractivity contribution in [3.63, 3.8) is 0 Å². The number of likely N-dealkylation sites (tertiary alicyclic amines) is 1. The van der Waals surface area contributed by atoms with Crippen molar-refractivity contribution in [3.05, 3.63) is 88.5 Å². The highest BCUT2D eigenvalue weighted by Gasteiger charge is 2.45. The van der Waals surface area contributed by atoms with Gasteiger partial charge in [0, 0.05) is 42.5 Å². The predicted molar refractivity (Wildman–Crippen MR) is 128 cm³/mol. The monoisotopic (exact) mass is 477 g/mol. The number of aryl methyl sites for hydroxylation is 1. The zero-order valence-corrected chi connectivity index (χ0v) is 19.4. The van der Waals surface area contributed by atoms with Gasteiger partial charge in [0.25, 0.3) is 11.7 Å². The molecule has 3 heterocycles. The molecule has 2 aliphatic rings. The summed E-state index contributed by atoms with van der Waals surface area (Å²) in [5, 5.41) is 11.8. The SMILES string of the molecule is CC1Cc2cc(/C(O)=C3/C(=O)C(=O)N(CCCn4ccnc4)C3c3ccc(Cl)cc3)ccc2O1. The van der Waals surface area contributed by atoms with Gasteiger partial charge >= 0.3 is 0 Å². The van der Waals surface area contributed by atoms with Crippen molar-refractivity contribution in [2.45, 2.75) is 38.5 Å². The maximum absolute atomic E-state index is 13.2. The number of Topliss-reactive ketones (excluding diaryl/α,β-unsaturated/α-hetero) is 1. The average Bonchev–Trinajstić information content (AvgIpc) is 3.53. The van der Waals surface area contributed by atoms with E-state index in [9.17, 15) is 14.7 Å². The van der Waals surface area contributed by atoms with Crippen molar-refractivity contribution in [3.8, 4) is 5.75 Å². The van der Waals surface area contributed by atoms with Crippen molar-refractivity contribution >= 4 is 29.1 Å². The summed E-state index contributed by atoms with van der Waals surface area (Å²) in [4.78, 5) is 31.8. The van der Waals surface area contributed by atoms with E-state index in [0.717, 1.165) is 17.7 Å². The van der Waals surface area contributed by atoms with Crippen LogP contribution in [0.2, 0.25) is 5.02 Å². The molecule has 8 heteroatoms. The van der Waals surface area contributed by atoms with Gasteiger partial charge in [0.2, 0.25) is 0 Å². The van der Waals surface area contributed by atoms with Crippen LogP contribution in [0.25, 0.3) is 5.76 Å². The number of hydrogen-bond acceptors (Lipinski definition) is 5. The molecule has 0 aliphatic carbocycles. The van der Waals surface area contributed by atoms with Crippen molar-refractivity contribution < 1.29 is 19.4 Å². The van der Waals surface area contributed by atoms with Crippen LogP contribution < -0.4 is 4.74 Å². The highest BCUT2D eigenvalue weighted by molar-refractivity contribution is 6.46. The second kappa shape index (κ2) is 8.99. The van der Waals surface area contributed by atoms with E-state index in [1.165, 1.54) is 4.90 Å². The lowest BCUT2D eigenvalue weighted by Crippen LogP contribution is -2.31. The number of aliphatic hydroxyl groups is 1. The Labute approximate surface area is 202 Å². The van der Waals surface area contributed by atoms with Gasteiger partial charge in [-0.25, -0.2) is 4.98 Å². The molecule has 0 saturated carbocycles. The molecule has 1 aromatic heterocycles. The van der Waals surface area contributed by atoms with Crippen LogP contribution in [0.15, 0.2) is 66.8 Å². The van der Waals surface area contributed by atoms with Gasteiger partial charge in [-0.1, -0.05) is 23.7 Å². The summed E-state index contributed by atoms with van der Waals surface area (Å²) < 4.78 is 7.67. The molecule has 1 saturated heterocycles. The minimum atomic E-state index is -0.705. The van der Waals surface area contributed by atoms with Crippen molar-refractivity contribution in [2.75, 3.05) is 6.54 Å². The van der Waals surface area contributed by atoms with E-state index in [2.05, 4.69) is 4.98 Å². The number of aliphatic hydroxyl groups excluding tert-OH is 1. The van der Waals surface area contributed by atoms with Crippen LogP contribution in [0.3, 0.4) is 0 Å². The molecule has 2 unspecified atom stereocenters. The molecule has 0 bridgehead atoms. The summed E-state index contributed by atoms with van der Waals surface area (Å²) in [6.45, 7) is 2.98. The number of ether oxygens (including phenoxy) is 1. The first kappa shape index (κ1) is 22.2. The van der Waals surface area contributed by atoms with Gasteiger partial charge < -0.3 is 19.3 Å². The number of aromatic nitrogens is 2. The standard InChI is InChI=1S/C26H24ClN3O4/c1-16-13-19-14-18(5-8-21(19)34-16)24(31)22-23(17-3-6-20(27)7-4-17)30(26(33)25(22)32)11-2-10-29-12-9-28-15-29/h3-9,12,14-16,23,31H,2,10-11,13H2,1H3/b24-22-. The van der Waals surface area contributed by atoms with Gasteiger partial charge in [0.05, 0.1) is 17.9 Å². The van der Waals surface area contributed by atoms with E-state index < -0.39 is 17.7 Å². The maximum atomic E-state index is 13.2. The van der Waals surface area contributed by atoms with Gasteiger partial charge in [-0.2, -0.15) is 0 Å². The molecule has 1 fully saturated rings. The summed E-state index contributed by atoms with van der Waals surface area (Å²) in [5.41, 5.74) is 2.26. The van der Waals surface area contributed by atoms with Crippen LogP contribution >= 0.6 is 11.6 Å². The van der Waals surface area contributed by atoms with Gasteiger partial charge in [-0.3, -0.25) is 9.59 Å². The Morgan fingerprint density at radius 3 is 2.71 bits per heavy atom. The summed E-state index contributed by atoms with van der Waals surface area (Å²) in [6, 6.07) is 11.7. The number of halogens is 1. The Bertz CT molecular complexity index is 1270. The van der Waals surface area contributed by atoms with Crippen LogP contribution in [0.4, 0.5) is 0 Å².